The van der Waals surface area contributed by atoms with E-state index in [-0.39, 0.29) is 0 Å². The van der Waals surface area contributed by atoms with Crippen LogP contribution in [0.2, 0.25) is 0 Å². The van der Waals surface area contributed by atoms with E-state index < -0.39 is 0 Å². The predicted octanol–water partition coefficient (Wildman–Crippen LogP) is 2.90. The van der Waals surface area contributed by atoms with Crippen molar-refractivity contribution in [2.45, 2.75) is 32.9 Å². The lowest BCUT2D eigenvalue weighted by Gasteiger charge is -2.23. The zero-order chi connectivity index (χ0) is 15.1. The van der Waals surface area contributed by atoms with Gasteiger partial charge in [-0.3, -0.25) is 5.10 Å². The van der Waals surface area contributed by atoms with Gasteiger partial charge in [-0.15, -0.1) is 0 Å². The first-order valence-electron chi connectivity index (χ1n) is 7.71. The monoisotopic (exact) mass is 286 g/mol. The average molecular weight is 286 g/mol. The van der Waals surface area contributed by atoms with Crippen molar-refractivity contribution in [2.24, 2.45) is 0 Å². The van der Waals surface area contributed by atoms with E-state index in [1.54, 1.807) is 0 Å². The number of likely N-dealkylation sites (N-methyl/N-ethyl adjacent to an activating group) is 1. The Balaban J connectivity index is 1.84. The number of H-pyrrole nitrogens is 1. The molecule has 0 saturated carbocycles. The smallest absolute Gasteiger partial charge is 0.0695 e. The van der Waals surface area contributed by atoms with Gasteiger partial charge in [0.05, 0.1) is 11.9 Å². The molecule has 1 aromatic heterocycles. The summed E-state index contributed by atoms with van der Waals surface area (Å²) in [5.74, 6) is 0. The Morgan fingerprint density at radius 2 is 2.05 bits per heavy atom. The first-order chi connectivity index (χ1) is 10.2. The Bertz CT molecular complexity index is 521. The summed E-state index contributed by atoms with van der Waals surface area (Å²) in [6, 6.07) is 11.0. The molecule has 21 heavy (non-hydrogen) atoms. The van der Waals surface area contributed by atoms with Crippen molar-refractivity contribution in [3.8, 4) is 11.3 Å². The second-order valence-corrected chi connectivity index (χ2v) is 5.55. The first-order valence-corrected chi connectivity index (χ1v) is 7.71. The number of nitrogens with zero attached hydrogens (tertiary/aromatic N) is 2. The summed E-state index contributed by atoms with van der Waals surface area (Å²) in [5.41, 5.74) is 3.51. The van der Waals surface area contributed by atoms with Gasteiger partial charge in [0.1, 0.15) is 0 Å². The highest BCUT2D eigenvalue weighted by atomic mass is 15.1. The van der Waals surface area contributed by atoms with Crippen LogP contribution in [-0.4, -0.2) is 41.3 Å². The normalized spacial score (nSPS) is 12.8. The fourth-order valence-corrected chi connectivity index (χ4v) is 2.31. The van der Waals surface area contributed by atoms with E-state index in [1.807, 2.05) is 12.3 Å². The van der Waals surface area contributed by atoms with Crippen molar-refractivity contribution in [2.75, 3.05) is 20.1 Å². The summed E-state index contributed by atoms with van der Waals surface area (Å²) < 4.78 is 0. The van der Waals surface area contributed by atoms with Gasteiger partial charge in [-0.1, -0.05) is 37.3 Å². The molecule has 1 aromatic carbocycles. The lowest BCUT2D eigenvalue weighted by Crippen LogP contribution is -2.34. The number of rotatable bonds is 8. The maximum atomic E-state index is 4.18. The summed E-state index contributed by atoms with van der Waals surface area (Å²) in [6.45, 7) is 7.39. The van der Waals surface area contributed by atoms with Crippen LogP contribution in [0.5, 0.6) is 0 Å². The SMILES string of the molecule is CCC(C)N(C)CCNCc1cn[nH]c1-c1ccccc1. The molecule has 0 saturated heterocycles. The molecule has 0 radical (unpaired) electrons. The van der Waals surface area contributed by atoms with E-state index in [4.69, 9.17) is 0 Å². The van der Waals surface area contributed by atoms with Crippen molar-refractivity contribution in [1.29, 1.82) is 0 Å². The molecule has 2 N–H and O–H groups in total. The fraction of sp³-hybridized carbons (Fsp3) is 0.471. The van der Waals surface area contributed by atoms with E-state index >= 15 is 0 Å². The summed E-state index contributed by atoms with van der Waals surface area (Å²) in [5, 5.41) is 10.8. The van der Waals surface area contributed by atoms with Gasteiger partial charge in [0.2, 0.25) is 0 Å². The number of nitrogens with one attached hydrogen (secondary N) is 2. The lowest BCUT2D eigenvalue weighted by atomic mass is 10.1. The topological polar surface area (TPSA) is 44.0 Å². The summed E-state index contributed by atoms with van der Waals surface area (Å²) in [6.07, 6.45) is 3.10. The van der Waals surface area contributed by atoms with Gasteiger partial charge in [0.15, 0.2) is 0 Å². The minimum atomic E-state index is 0.639. The maximum Gasteiger partial charge on any atom is 0.0695 e. The molecule has 0 aliphatic carbocycles. The van der Waals surface area contributed by atoms with Crippen LogP contribution in [0.4, 0.5) is 0 Å². The minimum absolute atomic E-state index is 0.639. The van der Waals surface area contributed by atoms with Crippen LogP contribution in [0, 0.1) is 0 Å². The van der Waals surface area contributed by atoms with E-state index in [0.29, 0.717) is 6.04 Å². The molecule has 2 rings (SSSR count). The van der Waals surface area contributed by atoms with E-state index in [0.717, 1.165) is 25.3 Å². The van der Waals surface area contributed by atoms with Crippen LogP contribution in [-0.2, 0) is 6.54 Å². The highest BCUT2D eigenvalue weighted by molar-refractivity contribution is 5.62. The second-order valence-electron chi connectivity index (χ2n) is 5.55. The van der Waals surface area contributed by atoms with Crippen LogP contribution in [0.1, 0.15) is 25.8 Å². The quantitative estimate of drug-likeness (QED) is 0.733. The molecule has 1 heterocycles. The number of aromatic amines is 1. The first kappa shape index (κ1) is 15.7. The molecule has 0 spiro atoms. The fourth-order valence-electron chi connectivity index (χ4n) is 2.31. The molecule has 0 amide bonds. The van der Waals surface area contributed by atoms with E-state index in [9.17, 15) is 0 Å². The molecule has 1 unspecified atom stereocenters. The highest BCUT2D eigenvalue weighted by Crippen LogP contribution is 2.20. The van der Waals surface area contributed by atoms with E-state index in [1.165, 1.54) is 17.5 Å². The third kappa shape index (κ3) is 4.41. The van der Waals surface area contributed by atoms with Crippen LogP contribution in [0.3, 0.4) is 0 Å². The zero-order valence-corrected chi connectivity index (χ0v) is 13.3. The Labute approximate surface area is 127 Å². The lowest BCUT2D eigenvalue weighted by molar-refractivity contribution is 0.252. The van der Waals surface area contributed by atoms with Gasteiger partial charge in [-0.25, -0.2) is 0 Å². The molecular formula is C17H26N4. The molecule has 1 atom stereocenters. The Kier molecular flexibility index (Phi) is 5.96. The second kappa shape index (κ2) is 7.96. The Morgan fingerprint density at radius 1 is 1.29 bits per heavy atom. The highest BCUT2D eigenvalue weighted by Gasteiger charge is 2.08. The average Bonchev–Trinajstić information content (AvgIpc) is 2.99. The van der Waals surface area contributed by atoms with Crippen molar-refractivity contribution in [3.05, 3.63) is 42.1 Å². The number of benzene rings is 1. The molecule has 4 nitrogen and oxygen atoms in total. The summed E-state index contributed by atoms with van der Waals surface area (Å²) in [4.78, 5) is 2.39. The van der Waals surface area contributed by atoms with Crippen LogP contribution < -0.4 is 5.32 Å². The van der Waals surface area contributed by atoms with Gasteiger partial charge in [-0.2, -0.15) is 5.10 Å². The summed E-state index contributed by atoms with van der Waals surface area (Å²) in [7, 11) is 2.18. The molecule has 0 fully saturated rings. The van der Waals surface area contributed by atoms with Gasteiger partial charge in [0, 0.05) is 31.2 Å². The molecular weight excluding hydrogens is 260 g/mol. The van der Waals surface area contributed by atoms with Crippen molar-refractivity contribution in [1.82, 2.24) is 20.4 Å². The maximum absolute atomic E-state index is 4.18. The third-order valence-electron chi connectivity index (χ3n) is 4.08. The third-order valence-corrected chi connectivity index (χ3v) is 4.08. The van der Waals surface area contributed by atoms with Crippen LogP contribution in [0.25, 0.3) is 11.3 Å². The standard InChI is InChI=1S/C17H26N4/c1-4-14(2)21(3)11-10-18-12-16-13-19-20-17(16)15-8-6-5-7-9-15/h5-9,13-14,18H,4,10-12H2,1-3H3,(H,19,20). The van der Waals surface area contributed by atoms with Crippen LogP contribution in [0.15, 0.2) is 36.5 Å². The van der Waals surface area contributed by atoms with Crippen molar-refractivity contribution < 1.29 is 0 Å². The number of aromatic nitrogens is 2. The molecule has 0 aliphatic heterocycles. The Hall–Kier alpha value is -1.65. The molecule has 114 valence electrons. The van der Waals surface area contributed by atoms with E-state index in [2.05, 4.69) is 65.6 Å². The molecule has 2 aromatic rings. The summed E-state index contributed by atoms with van der Waals surface area (Å²) >= 11 is 0. The number of hydrogen-bond donors (Lipinski definition) is 2. The molecule has 0 bridgehead atoms. The largest absolute Gasteiger partial charge is 0.311 e. The van der Waals surface area contributed by atoms with Gasteiger partial charge in [0.25, 0.3) is 0 Å². The van der Waals surface area contributed by atoms with Gasteiger partial charge >= 0.3 is 0 Å². The Morgan fingerprint density at radius 3 is 2.76 bits per heavy atom. The number of hydrogen-bond acceptors (Lipinski definition) is 3. The van der Waals surface area contributed by atoms with Crippen molar-refractivity contribution in [3.63, 3.8) is 0 Å². The van der Waals surface area contributed by atoms with Gasteiger partial charge < -0.3 is 10.2 Å². The minimum Gasteiger partial charge on any atom is -0.311 e. The molecule has 0 aliphatic rings. The predicted molar refractivity (Wildman–Crippen MR) is 88.1 cm³/mol. The van der Waals surface area contributed by atoms with Gasteiger partial charge in [-0.05, 0) is 26.0 Å². The van der Waals surface area contributed by atoms with Crippen molar-refractivity contribution >= 4 is 0 Å². The zero-order valence-electron chi connectivity index (χ0n) is 13.3. The molecule has 4 heteroatoms. The van der Waals surface area contributed by atoms with Crippen LogP contribution >= 0.6 is 0 Å².